The third kappa shape index (κ3) is 5.03. The Morgan fingerprint density at radius 1 is 1.28 bits per heavy atom. The first kappa shape index (κ1) is 17.9. The van der Waals surface area contributed by atoms with Gasteiger partial charge in [-0.2, -0.15) is 5.10 Å². The van der Waals surface area contributed by atoms with E-state index in [1.54, 1.807) is 0 Å². The molecule has 0 radical (unpaired) electrons. The smallest absolute Gasteiger partial charge is 0.270 e. The van der Waals surface area contributed by atoms with E-state index in [9.17, 15) is 20.0 Å². The van der Waals surface area contributed by atoms with Gasteiger partial charge in [-0.1, -0.05) is 17.7 Å². The van der Waals surface area contributed by atoms with E-state index in [4.69, 9.17) is 0 Å². The van der Waals surface area contributed by atoms with Crippen LogP contribution in [0.5, 0.6) is 5.75 Å². The molecule has 1 amide bonds. The molecule has 130 valence electrons. The molecule has 0 aliphatic rings. The number of nitrogens with zero attached hydrogens (tertiary/aromatic N) is 2. The van der Waals surface area contributed by atoms with Crippen molar-refractivity contribution < 1.29 is 14.8 Å². The molecule has 0 saturated heterocycles. The van der Waals surface area contributed by atoms with Gasteiger partial charge in [-0.15, -0.1) is 0 Å². The van der Waals surface area contributed by atoms with Gasteiger partial charge in [0.2, 0.25) is 0 Å². The fourth-order valence-corrected chi connectivity index (χ4v) is 2.16. The predicted molar refractivity (Wildman–Crippen MR) is 94.9 cm³/mol. The lowest BCUT2D eigenvalue weighted by Gasteiger charge is -2.09. The van der Waals surface area contributed by atoms with E-state index in [2.05, 4.69) is 15.8 Å². The maximum absolute atomic E-state index is 11.8. The average Bonchev–Trinajstić information content (AvgIpc) is 2.55. The Kier molecular flexibility index (Phi) is 5.67. The standard InChI is InChI=1S/C17H18N4O4/c1-11-3-5-15(12(2)7-11)18-10-17(23)20-19-9-13-8-14(21(24)25)4-6-16(13)22/h3-9,18,22H,10H2,1-2H3,(H,20,23)/b19-9+. The monoisotopic (exact) mass is 342 g/mol. The number of hydrogen-bond donors (Lipinski definition) is 3. The van der Waals surface area contributed by atoms with E-state index in [0.717, 1.165) is 23.0 Å². The molecule has 0 aliphatic heterocycles. The normalized spacial score (nSPS) is 10.6. The summed E-state index contributed by atoms with van der Waals surface area (Å²) in [5.74, 6) is -0.557. The lowest BCUT2D eigenvalue weighted by Crippen LogP contribution is -2.26. The molecule has 0 aliphatic carbocycles. The Hall–Kier alpha value is -3.42. The van der Waals surface area contributed by atoms with Crippen molar-refractivity contribution in [3.63, 3.8) is 0 Å². The maximum Gasteiger partial charge on any atom is 0.270 e. The van der Waals surface area contributed by atoms with Crippen molar-refractivity contribution in [2.24, 2.45) is 5.10 Å². The van der Waals surface area contributed by atoms with Gasteiger partial charge in [-0.3, -0.25) is 14.9 Å². The summed E-state index contributed by atoms with van der Waals surface area (Å²) in [6, 6.07) is 9.38. The highest BCUT2D eigenvalue weighted by Crippen LogP contribution is 2.21. The zero-order chi connectivity index (χ0) is 18.4. The van der Waals surface area contributed by atoms with Gasteiger partial charge in [0.25, 0.3) is 11.6 Å². The number of non-ortho nitro benzene ring substituents is 1. The molecule has 3 N–H and O–H groups in total. The minimum atomic E-state index is -0.580. The molecule has 0 unspecified atom stereocenters. The number of rotatable bonds is 6. The number of carbonyl (C=O) groups excluding carboxylic acids is 1. The Bertz CT molecular complexity index is 833. The first-order chi connectivity index (χ1) is 11.9. The number of carbonyl (C=O) groups is 1. The first-order valence-corrected chi connectivity index (χ1v) is 7.47. The molecule has 2 rings (SSSR count). The maximum atomic E-state index is 11.8. The molecule has 0 spiro atoms. The van der Waals surface area contributed by atoms with Crippen LogP contribution < -0.4 is 10.7 Å². The van der Waals surface area contributed by atoms with Crippen LogP contribution in [0, 0.1) is 24.0 Å². The molecule has 0 fully saturated rings. The van der Waals surface area contributed by atoms with E-state index in [0.29, 0.717) is 0 Å². The minimum absolute atomic E-state index is 0.0160. The summed E-state index contributed by atoms with van der Waals surface area (Å²) in [6.07, 6.45) is 1.15. The van der Waals surface area contributed by atoms with Gasteiger partial charge in [-0.05, 0) is 31.5 Å². The molecule has 0 atom stereocenters. The summed E-state index contributed by atoms with van der Waals surface area (Å²) < 4.78 is 0. The SMILES string of the molecule is Cc1ccc(NCC(=O)N/N=C/c2cc([N+](=O)[O-])ccc2O)c(C)c1. The van der Waals surface area contributed by atoms with Crippen molar-refractivity contribution in [3.05, 3.63) is 63.2 Å². The number of benzene rings is 2. The summed E-state index contributed by atoms with van der Waals surface area (Å²) in [5.41, 5.74) is 5.26. The van der Waals surface area contributed by atoms with Gasteiger partial charge in [-0.25, -0.2) is 5.43 Å². The van der Waals surface area contributed by atoms with Crippen LogP contribution in [0.3, 0.4) is 0 Å². The number of hydrogen-bond acceptors (Lipinski definition) is 6. The van der Waals surface area contributed by atoms with Crippen molar-refractivity contribution in [2.45, 2.75) is 13.8 Å². The van der Waals surface area contributed by atoms with Crippen LogP contribution >= 0.6 is 0 Å². The molecule has 0 aromatic heterocycles. The topological polar surface area (TPSA) is 117 Å². The molecular formula is C17H18N4O4. The van der Waals surface area contributed by atoms with Gasteiger partial charge in [0.05, 0.1) is 17.7 Å². The quantitative estimate of drug-likeness (QED) is 0.423. The Morgan fingerprint density at radius 2 is 2.04 bits per heavy atom. The zero-order valence-electron chi connectivity index (χ0n) is 13.8. The number of nitrogens with one attached hydrogen (secondary N) is 2. The summed E-state index contributed by atoms with van der Waals surface area (Å²) >= 11 is 0. The number of hydrazone groups is 1. The molecule has 0 saturated carbocycles. The Labute approximate surface area is 144 Å². The summed E-state index contributed by atoms with van der Waals surface area (Å²) in [5, 5.41) is 27.1. The lowest BCUT2D eigenvalue weighted by molar-refractivity contribution is -0.384. The van der Waals surface area contributed by atoms with Crippen molar-refractivity contribution >= 4 is 23.5 Å². The average molecular weight is 342 g/mol. The van der Waals surface area contributed by atoms with E-state index >= 15 is 0 Å². The van der Waals surface area contributed by atoms with Gasteiger partial charge < -0.3 is 10.4 Å². The highest BCUT2D eigenvalue weighted by molar-refractivity contribution is 5.87. The Morgan fingerprint density at radius 3 is 2.72 bits per heavy atom. The molecule has 0 heterocycles. The van der Waals surface area contributed by atoms with E-state index in [1.807, 2.05) is 32.0 Å². The van der Waals surface area contributed by atoms with Crippen molar-refractivity contribution in [2.75, 3.05) is 11.9 Å². The van der Waals surface area contributed by atoms with Crippen LogP contribution in [0.15, 0.2) is 41.5 Å². The Balaban J connectivity index is 1.92. The fraction of sp³-hybridized carbons (Fsp3) is 0.176. The van der Waals surface area contributed by atoms with Crippen LogP contribution in [0.4, 0.5) is 11.4 Å². The minimum Gasteiger partial charge on any atom is -0.507 e. The third-order valence-corrected chi connectivity index (χ3v) is 3.44. The summed E-state index contributed by atoms with van der Waals surface area (Å²) in [6.45, 7) is 3.94. The second-order valence-electron chi connectivity index (χ2n) is 5.47. The van der Waals surface area contributed by atoms with Crippen LogP contribution in [-0.2, 0) is 4.79 Å². The number of nitro groups is 1. The number of phenols is 1. The molecule has 25 heavy (non-hydrogen) atoms. The van der Waals surface area contributed by atoms with Crippen molar-refractivity contribution in [3.8, 4) is 5.75 Å². The zero-order valence-corrected chi connectivity index (χ0v) is 13.8. The van der Waals surface area contributed by atoms with Gasteiger partial charge >= 0.3 is 0 Å². The fourth-order valence-electron chi connectivity index (χ4n) is 2.16. The van der Waals surface area contributed by atoms with Gasteiger partial charge in [0.15, 0.2) is 0 Å². The number of nitro benzene ring substituents is 1. The van der Waals surface area contributed by atoms with Gasteiger partial charge in [0, 0.05) is 23.4 Å². The highest BCUT2D eigenvalue weighted by Gasteiger charge is 2.09. The van der Waals surface area contributed by atoms with Crippen LogP contribution in [-0.4, -0.2) is 28.7 Å². The first-order valence-electron chi connectivity index (χ1n) is 7.47. The lowest BCUT2D eigenvalue weighted by atomic mass is 10.1. The predicted octanol–water partition coefficient (Wildman–Crippen LogP) is 2.48. The van der Waals surface area contributed by atoms with Crippen LogP contribution in [0.2, 0.25) is 0 Å². The summed E-state index contributed by atoms with van der Waals surface area (Å²) in [4.78, 5) is 21.9. The van der Waals surface area contributed by atoms with Crippen molar-refractivity contribution in [1.29, 1.82) is 0 Å². The van der Waals surface area contributed by atoms with E-state index in [-0.39, 0.29) is 29.5 Å². The molecular weight excluding hydrogens is 324 g/mol. The molecule has 8 nitrogen and oxygen atoms in total. The van der Waals surface area contributed by atoms with Crippen LogP contribution in [0.1, 0.15) is 16.7 Å². The van der Waals surface area contributed by atoms with Crippen LogP contribution in [0.25, 0.3) is 0 Å². The molecule has 2 aromatic carbocycles. The molecule has 8 heteroatoms. The molecule has 0 bridgehead atoms. The van der Waals surface area contributed by atoms with Gasteiger partial charge in [0.1, 0.15) is 5.75 Å². The number of phenolic OH excluding ortho intramolecular Hbond substituents is 1. The number of aryl methyl sites for hydroxylation is 2. The van der Waals surface area contributed by atoms with E-state index < -0.39 is 4.92 Å². The number of aromatic hydroxyl groups is 1. The largest absolute Gasteiger partial charge is 0.507 e. The second kappa shape index (κ2) is 7.91. The molecule has 2 aromatic rings. The van der Waals surface area contributed by atoms with E-state index in [1.165, 1.54) is 18.2 Å². The second-order valence-corrected chi connectivity index (χ2v) is 5.47. The third-order valence-electron chi connectivity index (χ3n) is 3.44. The number of amides is 1. The number of anilines is 1. The van der Waals surface area contributed by atoms with Crippen molar-refractivity contribution in [1.82, 2.24) is 5.43 Å². The summed E-state index contributed by atoms with van der Waals surface area (Å²) in [7, 11) is 0. The highest BCUT2D eigenvalue weighted by atomic mass is 16.6.